The van der Waals surface area contributed by atoms with Crippen molar-refractivity contribution in [3.63, 3.8) is 0 Å². The van der Waals surface area contributed by atoms with E-state index < -0.39 is 10.0 Å². The molecule has 2 heterocycles. The predicted octanol–water partition coefficient (Wildman–Crippen LogP) is 1.11. The maximum Gasteiger partial charge on any atom is 0.242 e. The van der Waals surface area contributed by atoms with Crippen LogP contribution < -0.4 is 4.72 Å². The first-order valence-electron chi connectivity index (χ1n) is 6.19. The van der Waals surface area contributed by atoms with E-state index in [1.54, 1.807) is 23.2 Å². The number of hydrogen-bond acceptors (Lipinski definition) is 5. The first-order valence-corrected chi connectivity index (χ1v) is 8.56. The number of aliphatic hydroxyl groups excluding tert-OH is 1. The minimum absolute atomic E-state index is 0.212. The molecule has 0 aliphatic heterocycles. The van der Waals surface area contributed by atoms with Crippen molar-refractivity contribution in [2.75, 3.05) is 6.54 Å². The van der Waals surface area contributed by atoms with Crippen LogP contribution in [0.5, 0.6) is 0 Å². The number of aryl methyl sites for hydroxylation is 2. The standard InChI is InChI=1S/C12H17N3O3S2/c1-10-9-19-11(8-16)12(10)20(17,18)14-5-3-7-15-6-2-4-13-15/h2,4,6,9,14,16H,3,5,7-8H2,1H3. The van der Waals surface area contributed by atoms with E-state index in [0.29, 0.717) is 30.0 Å². The maximum absolute atomic E-state index is 12.2. The van der Waals surface area contributed by atoms with Gasteiger partial charge < -0.3 is 5.11 Å². The molecule has 0 bridgehead atoms. The van der Waals surface area contributed by atoms with Crippen molar-refractivity contribution in [1.82, 2.24) is 14.5 Å². The second-order valence-electron chi connectivity index (χ2n) is 4.35. The number of nitrogens with one attached hydrogen (secondary N) is 1. The normalized spacial score (nSPS) is 11.9. The summed E-state index contributed by atoms with van der Waals surface area (Å²) in [6.07, 6.45) is 4.17. The van der Waals surface area contributed by atoms with Gasteiger partial charge >= 0.3 is 0 Å². The SMILES string of the molecule is Cc1csc(CO)c1S(=O)(=O)NCCCn1cccn1. The second kappa shape index (κ2) is 6.49. The molecule has 2 aromatic heterocycles. The lowest BCUT2D eigenvalue weighted by Crippen LogP contribution is -2.26. The van der Waals surface area contributed by atoms with Gasteiger partial charge in [0.1, 0.15) is 4.90 Å². The number of nitrogens with zero attached hydrogens (tertiary/aromatic N) is 2. The van der Waals surface area contributed by atoms with E-state index in [9.17, 15) is 13.5 Å². The summed E-state index contributed by atoms with van der Waals surface area (Å²) >= 11 is 1.26. The third-order valence-electron chi connectivity index (χ3n) is 2.82. The fourth-order valence-electron chi connectivity index (χ4n) is 1.91. The number of thiophene rings is 1. The van der Waals surface area contributed by atoms with Gasteiger partial charge in [0.05, 0.1) is 11.5 Å². The van der Waals surface area contributed by atoms with Crippen LogP contribution in [0.3, 0.4) is 0 Å². The van der Waals surface area contributed by atoms with Crippen LogP contribution >= 0.6 is 11.3 Å². The predicted molar refractivity (Wildman–Crippen MR) is 77.0 cm³/mol. The van der Waals surface area contributed by atoms with Crippen LogP contribution in [-0.2, 0) is 23.2 Å². The van der Waals surface area contributed by atoms with Crippen molar-refractivity contribution in [3.8, 4) is 0 Å². The van der Waals surface area contributed by atoms with Gasteiger partial charge in [-0.1, -0.05) is 0 Å². The summed E-state index contributed by atoms with van der Waals surface area (Å²) in [6.45, 7) is 2.46. The van der Waals surface area contributed by atoms with Crippen molar-refractivity contribution in [1.29, 1.82) is 0 Å². The summed E-state index contributed by atoms with van der Waals surface area (Å²) in [4.78, 5) is 0.686. The van der Waals surface area contributed by atoms with E-state index >= 15 is 0 Å². The molecular formula is C12H17N3O3S2. The van der Waals surface area contributed by atoms with Crippen LogP contribution in [0.2, 0.25) is 0 Å². The summed E-state index contributed by atoms with van der Waals surface area (Å²) in [5, 5.41) is 15.0. The van der Waals surface area contributed by atoms with Crippen LogP contribution in [0.15, 0.2) is 28.7 Å². The average Bonchev–Trinajstić information content (AvgIpc) is 3.03. The molecule has 0 fully saturated rings. The summed E-state index contributed by atoms with van der Waals surface area (Å²) in [5.41, 5.74) is 0.665. The van der Waals surface area contributed by atoms with E-state index in [-0.39, 0.29) is 11.5 Å². The fourth-order valence-corrected chi connectivity index (χ4v) is 4.64. The van der Waals surface area contributed by atoms with Gasteiger partial charge in [0, 0.05) is 25.5 Å². The lowest BCUT2D eigenvalue weighted by atomic mass is 10.3. The Bertz CT molecular complexity index is 648. The highest BCUT2D eigenvalue weighted by atomic mass is 32.2. The van der Waals surface area contributed by atoms with Crippen LogP contribution in [0, 0.1) is 6.92 Å². The van der Waals surface area contributed by atoms with E-state index in [0.717, 1.165) is 0 Å². The van der Waals surface area contributed by atoms with Crippen molar-refractivity contribution in [3.05, 3.63) is 34.3 Å². The fraction of sp³-hybridized carbons (Fsp3) is 0.417. The van der Waals surface area contributed by atoms with Gasteiger partial charge in [-0.3, -0.25) is 4.68 Å². The van der Waals surface area contributed by atoms with E-state index in [4.69, 9.17) is 0 Å². The molecule has 0 amide bonds. The Balaban J connectivity index is 1.95. The van der Waals surface area contributed by atoms with Gasteiger partial charge in [-0.2, -0.15) is 5.10 Å². The second-order valence-corrected chi connectivity index (χ2v) is 7.02. The Morgan fingerprint density at radius 1 is 1.50 bits per heavy atom. The summed E-state index contributed by atoms with van der Waals surface area (Å²) in [5.74, 6) is 0. The molecule has 8 heteroatoms. The van der Waals surface area contributed by atoms with E-state index in [1.807, 2.05) is 12.3 Å². The lowest BCUT2D eigenvalue weighted by Gasteiger charge is -2.08. The van der Waals surface area contributed by atoms with Crippen LogP contribution in [0.4, 0.5) is 0 Å². The van der Waals surface area contributed by atoms with Gasteiger partial charge in [-0.15, -0.1) is 11.3 Å². The Morgan fingerprint density at radius 3 is 2.95 bits per heavy atom. The Kier molecular flexibility index (Phi) is 4.92. The Labute approximate surface area is 122 Å². The van der Waals surface area contributed by atoms with Crippen LogP contribution in [0.1, 0.15) is 16.9 Å². The van der Waals surface area contributed by atoms with Crippen LogP contribution in [-0.4, -0.2) is 29.8 Å². The van der Waals surface area contributed by atoms with Crippen molar-refractivity contribution >= 4 is 21.4 Å². The molecule has 2 aromatic rings. The molecule has 0 saturated carbocycles. The molecule has 0 unspecified atom stereocenters. The quantitative estimate of drug-likeness (QED) is 0.750. The van der Waals surface area contributed by atoms with E-state index in [2.05, 4.69) is 9.82 Å². The summed E-state index contributed by atoms with van der Waals surface area (Å²) < 4.78 is 28.8. The number of sulfonamides is 1. The topological polar surface area (TPSA) is 84.2 Å². The zero-order chi connectivity index (χ0) is 14.6. The zero-order valence-electron chi connectivity index (χ0n) is 11.1. The molecule has 110 valence electrons. The molecule has 0 spiro atoms. The van der Waals surface area contributed by atoms with Crippen LogP contribution in [0.25, 0.3) is 0 Å². The van der Waals surface area contributed by atoms with Gasteiger partial charge in [0.15, 0.2) is 0 Å². The van der Waals surface area contributed by atoms with Gasteiger partial charge in [-0.25, -0.2) is 13.1 Å². The molecule has 2 N–H and O–H groups in total. The molecule has 0 aliphatic rings. The zero-order valence-corrected chi connectivity index (χ0v) is 12.7. The summed E-state index contributed by atoms with van der Waals surface area (Å²) in [6, 6.07) is 1.83. The smallest absolute Gasteiger partial charge is 0.242 e. The number of aromatic nitrogens is 2. The molecule has 0 saturated heterocycles. The highest BCUT2D eigenvalue weighted by molar-refractivity contribution is 7.89. The molecule has 0 radical (unpaired) electrons. The molecule has 2 rings (SSSR count). The molecular weight excluding hydrogens is 298 g/mol. The van der Waals surface area contributed by atoms with Gasteiger partial charge in [-0.05, 0) is 30.4 Å². The average molecular weight is 315 g/mol. The lowest BCUT2D eigenvalue weighted by molar-refractivity contribution is 0.282. The number of hydrogen-bond donors (Lipinski definition) is 2. The van der Waals surface area contributed by atoms with E-state index in [1.165, 1.54) is 11.3 Å². The van der Waals surface area contributed by atoms with Crippen molar-refractivity contribution in [2.45, 2.75) is 31.4 Å². The minimum Gasteiger partial charge on any atom is -0.391 e. The third-order valence-corrected chi connectivity index (χ3v) is 5.73. The highest BCUT2D eigenvalue weighted by Crippen LogP contribution is 2.26. The Morgan fingerprint density at radius 2 is 2.30 bits per heavy atom. The van der Waals surface area contributed by atoms with Gasteiger partial charge in [0.25, 0.3) is 0 Å². The minimum atomic E-state index is -3.56. The van der Waals surface area contributed by atoms with Crippen molar-refractivity contribution in [2.24, 2.45) is 0 Å². The first kappa shape index (κ1) is 15.2. The number of rotatable bonds is 7. The molecule has 6 nitrogen and oxygen atoms in total. The maximum atomic E-state index is 12.2. The molecule has 20 heavy (non-hydrogen) atoms. The molecule has 0 atom stereocenters. The molecule has 0 aromatic carbocycles. The monoisotopic (exact) mass is 315 g/mol. The number of aliphatic hydroxyl groups is 1. The van der Waals surface area contributed by atoms with Gasteiger partial charge in [0.2, 0.25) is 10.0 Å². The largest absolute Gasteiger partial charge is 0.391 e. The Hall–Kier alpha value is -1.22. The van der Waals surface area contributed by atoms with Crippen molar-refractivity contribution < 1.29 is 13.5 Å². The first-order chi connectivity index (χ1) is 9.54. The highest BCUT2D eigenvalue weighted by Gasteiger charge is 2.21. The molecule has 0 aliphatic carbocycles. The third kappa shape index (κ3) is 3.45. The summed E-state index contributed by atoms with van der Waals surface area (Å²) in [7, 11) is -3.56.